The molecule has 0 radical (unpaired) electrons. The summed E-state index contributed by atoms with van der Waals surface area (Å²) in [5.41, 5.74) is -0.458. The molecule has 0 unspecified atom stereocenters. The van der Waals surface area contributed by atoms with Crippen LogP contribution in [0.1, 0.15) is 111 Å². The summed E-state index contributed by atoms with van der Waals surface area (Å²) in [6.07, 6.45) is 23.2. The van der Waals surface area contributed by atoms with Gasteiger partial charge in [0, 0.05) is 23.4 Å². The predicted molar refractivity (Wildman–Crippen MR) is 163 cm³/mol. The fourth-order valence-electron chi connectivity index (χ4n) is 4.88. The molecular weight excluding hydrogens is 504 g/mol. The van der Waals surface area contributed by atoms with E-state index in [4.69, 9.17) is 18.3 Å². The number of hydrogen-bond acceptors (Lipinski definition) is 6. The van der Waals surface area contributed by atoms with Crippen molar-refractivity contribution in [3.63, 3.8) is 0 Å². The van der Waals surface area contributed by atoms with Crippen LogP contribution in [0.4, 0.5) is 0 Å². The second-order valence-corrected chi connectivity index (χ2v) is 11.4. The van der Waals surface area contributed by atoms with E-state index in [1.54, 1.807) is 12.3 Å². The van der Waals surface area contributed by atoms with Gasteiger partial charge in [-0.3, -0.25) is 0 Å². The number of aliphatic hydroxyl groups excluding tert-OH is 1. The molecule has 0 saturated heterocycles. The van der Waals surface area contributed by atoms with Crippen LogP contribution in [0.5, 0.6) is 5.75 Å². The smallest absolute Gasteiger partial charge is 0.336 e. The SMILES string of the molecule is CCCCCCCC/C=C\CCCCCCCCOC(C)(C)[C@@H](O)COc1c2occc2cc2ccc(=O)oc12. The number of benzene rings is 1. The molecule has 2 aromatic heterocycles. The normalized spacial score (nSPS) is 13.1. The van der Waals surface area contributed by atoms with Crippen molar-refractivity contribution in [3.8, 4) is 5.75 Å². The van der Waals surface area contributed by atoms with Crippen LogP contribution in [0.2, 0.25) is 0 Å². The molecule has 1 N–H and O–H groups in total. The Labute approximate surface area is 239 Å². The summed E-state index contributed by atoms with van der Waals surface area (Å²) in [6, 6.07) is 6.77. The lowest BCUT2D eigenvalue weighted by Gasteiger charge is -2.30. The molecule has 0 fully saturated rings. The Bertz CT molecular complexity index is 1200. The van der Waals surface area contributed by atoms with Crippen molar-refractivity contribution in [3.05, 3.63) is 53.1 Å². The van der Waals surface area contributed by atoms with Crippen molar-refractivity contribution in [2.75, 3.05) is 13.2 Å². The summed E-state index contributed by atoms with van der Waals surface area (Å²) >= 11 is 0. The summed E-state index contributed by atoms with van der Waals surface area (Å²) in [5.74, 6) is 0.318. The van der Waals surface area contributed by atoms with Gasteiger partial charge in [0.15, 0.2) is 11.2 Å². The zero-order valence-corrected chi connectivity index (χ0v) is 24.9. The number of unbranched alkanes of at least 4 members (excludes halogenated alkanes) is 12. The third-order valence-corrected chi connectivity index (χ3v) is 7.60. The Hall–Kier alpha value is -2.57. The zero-order chi connectivity index (χ0) is 28.6. The summed E-state index contributed by atoms with van der Waals surface area (Å²) in [6.45, 7) is 6.58. The highest BCUT2D eigenvalue weighted by Crippen LogP contribution is 2.35. The van der Waals surface area contributed by atoms with Crippen molar-refractivity contribution in [1.29, 1.82) is 0 Å². The Morgan fingerprint density at radius 2 is 1.48 bits per heavy atom. The number of allylic oxidation sites excluding steroid dienone is 2. The van der Waals surface area contributed by atoms with Crippen LogP contribution in [0.25, 0.3) is 21.9 Å². The van der Waals surface area contributed by atoms with E-state index in [2.05, 4.69) is 19.1 Å². The van der Waals surface area contributed by atoms with E-state index in [0.717, 1.165) is 23.6 Å². The van der Waals surface area contributed by atoms with Crippen molar-refractivity contribution in [2.45, 2.75) is 122 Å². The van der Waals surface area contributed by atoms with Crippen molar-refractivity contribution >= 4 is 21.9 Å². The number of aliphatic hydroxyl groups is 1. The van der Waals surface area contributed by atoms with Gasteiger partial charge in [0.2, 0.25) is 5.75 Å². The first-order chi connectivity index (χ1) is 19.4. The average molecular weight is 555 g/mol. The number of rotatable bonds is 21. The highest BCUT2D eigenvalue weighted by atomic mass is 16.5. The lowest BCUT2D eigenvalue weighted by Crippen LogP contribution is -2.43. The number of ether oxygens (including phenoxy) is 2. The second kappa shape index (κ2) is 17.3. The lowest BCUT2D eigenvalue weighted by molar-refractivity contribution is -0.113. The van der Waals surface area contributed by atoms with Gasteiger partial charge in [0.05, 0.1) is 11.9 Å². The molecule has 40 heavy (non-hydrogen) atoms. The first-order valence-corrected chi connectivity index (χ1v) is 15.5. The van der Waals surface area contributed by atoms with E-state index in [1.165, 1.54) is 83.1 Å². The van der Waals surface area contributed by atoms with Crippen LogP contribution in [-0.4, -0.2) is 30.0 Å². The van der Waals surface area contributed by atoms with Crippen LogP contribution >= 0.6 is 0 Å². The Morgan fingerprint density at radius 1 is 0.850 bits per heavy atom. The number of furan rings is 1. The minimum atomic E-state index is -0.877. The van der Waals surface area contributed by atoms with Crippen molar-refractivity contribution in [2.24, 2.45) is 0 Å². The molecular formula is C34H50O6. The van der Waals surface area contributed by atoms with E-state index in [9.17, 15) is 9.90 Å². The first-order valence-electron chi connectivity index (χ1n) is 15.5. The monoisotopic (exact) mass is 554 g/mol. The quantitative estimate of drug-likeness (QED) is 0.0803. The fraction of sp³-hybridized carbons (Fsp3) is 0.618. The third kappa shape index (κ3) is 10.4. The fourth-order valence-corrected chi connectivity index (χ4v) is 4.88. The molecule has 0 aliphatic carbocycles. The minimum absolute atomic E-state index is 0.0199. The number of fused-ring (bicyclic) bond motifs is 2. The molecule has 0 amide bonds. The summed E-state index contributed by atoms with van der Waals surface area (Å²) in [5, 5.41) is 12.4. The number of hydrogen-bond donors (Lipinski definition) is 1. The summed E-state index contributed by atoms with van der Waals surface area (Å²) in [7, 11) is 0. The molecule has 1 atom stereocenters. The Balaban J connectivity index is 1.27. The molecule has 0 saturated carbocycles. The molecule has 0 spiro atoms. The lowest BCUT2D eigenvalue weighted by atomic mass is 10.0. The van der Waals surface area contributed by atoms with E-state index in [1.807, 2.05) is 26.0 Å². The van der Waals surface area contributed by atoms with Gasteiger partial charge in [-0.05, 0) is 64.2 Å². The molecule has 3 aromatic rings. The van der Waals surface area contributed by atoms with E-state index in [0.29, 0.717) is 23.5 Å². The maximum absolute atomic E-state index is 11.8. The molecule has 1 aromatic carbocycles. The average Bonchev–Trinajstić information content (AvgIpc) is 3.41. The standard InChI is InChI=1S/C34H50O6/c1-4-5-6-7-8-9-10-11-12-13-14-15-16-17-18-19-23-39-34(2,3)29(35)26-38-33-31-28(22-24-37-31)25-27-20-21-30(36)40-32(27)33/h11-12,20-22,24-25,29,35H,4-10,13-19,23,26H2,1-3H3/b12-11-/t29-/m0/s1. The van der Waals surface area contributed by atoms with Gasteiger partial charge in [-0.1, -0.05) is 76.9 Å². The van der Waals surface area contributed by atoms with Crippen LogP contribution in [0, 0.1) is 0 Å². The van der Waals surface area contributed by atoms with Crippen molar-refractivity contribution < 1.29 is 23.4 Å². The molecule has 0 aliphatic heterocycles. The van der Waals surface area contributed by atoms with E-state index < -0.39 is 17.3 Å². The van der Waals surface area contributed by atoms with Gasteiger partial charge in [0.25, 0.3) is 0 Å². The highest BCUT2D eigenvalue weighted by molar-refractivity contribution is 5.99. The molecule has 6 heteroatoms. The molecule has 222 valence electrons. The topological polar surface area (TPSA) is 82.0 Å². The van der Waals surface area contributed by atoms with Crippen LogP contribution < -0.4 is 10.4 Å². The third-order valence-electron chi connectivity index (χ3n) is 7.60. The molecule has 0 aliphatic rings. The van der Waals surface area contributed by atoms with Gasteiger partial charge in [-0.25, -0.2) is 4.79 Å². The van der Waals surface area contributed by atoms with Crippen LogP contribution in [0.3, 0.4) is 0 Å². The Morgan fingerprint density at radius 3 is 2.17 bits per heavy atom. The molecule has 2 heterocycles. The van der Waals surface area contributed by atoms with Crippen LogP contribution in [-0.2, 0) is 4.74 Å². The van der Waals surface area contributed by atoms with Gasteiger partial charge < -0.3 is 23.4 Å². The van der Waals surface area contributed by atoms with Gasteiger partial charge in [-0.15, -0.1) is 0 Å². The predicted octanol–water partition coefficient (Wildman–Crippen LogP) is 9.11. The van der Waals surface area contributed by atoms with Gasteiger partial charge >= 0.3 is 5.63 Å². The molecule has 6 nitrogen and oxygen atoms in total. The molecule has 0 bridgehead atoms. The second-order valence-electron chi connectivity index (χ2n) is 11.4. The van der Waals surface area contributed by atoms with Crippen molar-refractivity contribution in [1.82, 2.24) is 0 Å². The van der Waals surface area contributed by atoms with Gasteiger partial charge in [-0.2, -0.15) is 0 Å². The largest absolute Gasteiger partial charge is 0.483 e. The first kappa shape index (κ1) is 32.0. The summed E-state index contributed by atoms with van der Waals surface area (Å²) in [4.78, 5) is 11.8. The van der Waals surface area contributed by atoms with E-state index >= 15 is 0 Å². The molecule has 3 rings (SSSR count). The maximum atomic E-state index is 11.8. The maximum Gasteiger partial charge on any atom is 0.336 e. The Kier molecular flexibility index (Phi) is 13.8. The van der Waals surface area contributed by atoms with Crippen LogP contribution in [0.15, 0.2) is 56.3 Å². The van der Waals surface area contributed by atoms with E-state index in [-0.39, 0.29) is 6.61 Å². The minimum Gasteiger partial charge on any atom is -0.483 e. The highest BCUT2D eigenvalue weighted by Gasteiger charge is 2.30. The summed E-state index contributed by atoms with van der Waals surface area (Å²) < 4.78 is 23.0. The van der Waals surface area contributed by atoms with Gasteiger partial charge in [0.1, 0.15) is 12.7 Å². The zero-order valence-electron chi connectivity index (χ0n) is 24.9.